The number of aryl methyl sites for hydroxylation is 2. The van der Waals surface area contributed by atoms with E-state index < -0.39 is 11.5 Å². The van der Waals surface area contributed by atoms with Crippen LogP contribution in [-0.4, -0.2) is 22.5 Å². The zero-order chi connectivity index (χ0) is 15.3. The van der Waals surface area contributed by atoms with Crippen molar-refractivity contribution in [3.05, 3.63) is 35.4 Å². The molecule has 0 heterocycles. The van der Waals surface area contributed by atoms with Gasteiger partial charge in [0.2, 0.25) is 5.91 Å². The molecule has 0 bridgehead atoms. The van der Waals surface area contributed by atoms with Gasteiger partial charge in [-0.1, -0.05) is 49.1 Å². The van der Waals surface area contributed by atoms with Gasteiger partial charge >= 0.3 is 5.97 Å². The highest BCUT2D eigenvalue weighted by Crippen LogP contribution is 2.28. The summed E-state index contributed by atoms with van der Waals surface area (Å²) >= 11 is 0. The Morgan fingerprint density at radius 3 is 2.33 bits per heavy atom. The molecule has 4 nitrogen and oxygen atoms in total. The summed E-state index contributed by atoms with van der Waals surface area (Å²) in [4.78, 5) is 23.6. The average Bonchev–Trinajstić information content (AvgIpc) is 2.47. The first-order valence-electron chi connectivity index (χ1n) is 7.62. The molecular formula is C17H23NO3. The van der Waals surface area contributed by atoms with E-state index in [2.05, 4.69) is 5.32 Å². The topological polar surface area (TPSA) is 66.4 Å². The maximum atomic E-state index is 12.1. The van der Waals surface area contributed by atoms with Crippen molar-refractivity contribution >= 4 is 11.9 Å². The van der Waals surface area contributed by atoms with Crippen LogP contribution in [-0.2, 0) is 16.0 Å². The van der Waals surface area contributed by atoms with Gasteiger partial charge in [0, 0.05) is 6.42 Å². The molecule has 0 saturated heterocycles. The smallest absolute Gasteiger partial charge is 0.329 e. The first-order chi connectivity index (χ1) is 10.0. The van der Waals surface area contributed by atoms with Gasteiger partial charge in [0.1, 0.15) is 5.54 Å². The first-order valence-corrected chi connectivity index (χ1v) is 7.62. The molecular weight excluding hydrogens is 266 g/mol. The predicted octanol–water partition coefficient (Wildman–Crippen LogP) is 2.83. The highest BCUT2D eigenvalue weighted by Gasteiger charge is 2.40. The van der Waals surface area contributed by atoms with Crippen LogP contribution in [0, 0.1) is 6.92 Å². The van der Waals surface area contributed by atoms with E-state index in [0.29, 0.717) is 25.7 Å². The molecule has 1 amide bonds. The maximum Gasteiger partial charge on any atom is 0.329 e. The molecule has 1 aliphatic carbocycles. The maximum absolute atomic E-state index is 12.1. The number of rotatable bonds is 5. The Labute approximate surface area is 125 Å². The minimum Gasteiger partial charge on any atom is -0.480 e. The van der Waals surface area contributed by atoms with Crippen molar-refractivity contribution in [2.24, 2.45) is 0 Å². The first kappa shape index (κ1) is 15.5. The molecule has 1 aromatic carbocycles. The molecule has 0 atom stereocenters. The van der Waals surface area contributed by atoms with Crippen LogP contribution in [0.3, 0.4) is 0 Å². The van der Waals surface area contributed by atoms with Crippen molar-refractivity contribution in [1.82, 2.24) is 5.32 Å². The number of benzene rings is 1. The third-order valence-electron chi connectivity index (χ3n) is 4.26. The highest BCUT2D eigenvalue weighted by atomic mass is 16.4. The van der Waals surface area contributed by atoms with Crippen LogP contribution in [0.25, 0.3) is 0 Å². The van der Waals surface area contributed by atoms with Crippen molar-refractivity contribution in [2.75, 3.05) is 0 Å². The van der Waals surface area contributed by atoms with E-state index in [1.165, 1.54) is 5.56 Å². The van der Waals surface area contributed by atoms with Gasteiger partial charge in [0.05, 0.1) is 0 Å². The summed E-state index contributed by atoms with van der Waals surface area (Å²) in [5.74, 6) is -1.06. The molecule has 1 aliphatic rings. The number of carbonyl (C=O) groups is 2. The third-order valence-corrected chi connectivity index (χ3v) is 4.26. The van der Waals surface area contributed by atoms with Gasteiger partial charge in [0.25, 0.3) is 0 Å². The summed E-state index contributed by atoms with van der Waals surface area (Å²) in [6.45, 7) is 2.02. The molecule has 2 rings (SSSR count). The number of carboxylic acid groups (broad SMARTS) is 1. The van der Waals surface area contributed by atoms with Crippen LogP contribution in [0.2, 0.25) is 0 Å². The predicted molar refractivity (Wildman–Crippen MR) is 81.1 cm³/mol. The standard InChI is InChI=1S/C17H23NO3/c1-13-5-7-14(8-6-13)9-10-15(19)18-17(16(20)21)11-3-2-4-12-17/h5-8H,2-4,9-12H2,1H3,(H,18,19)(H,20,21). The molecule has 1 fully saturated rings. The Bertz CT molecular complexity index is 501. The van der Waals surface area contributed by atoms with Gasteiger partial charge in [-0.2, -0.15) is 0 Å². The molecule has 2 N–H and O–H groups in total. The SMILES string of the molecule is Cc1ccc(CCC(=O)NC2(C(=O)O)CCCCC2)cc1. The molecule has 1 saturated carbocycles. The van der Waals surface area contributed by atoms with Crippen molar-refractivity contribution < 1.29 is 14.7 Å². The molecule has 0 radical (unpaired) electrons. The number of carboxylic acids is 1. The van der Waals surface area contributed by atoms with Crippen LogP contribution < -0.4 is 5.32 Å². The lowest BCUT2D eigenvalue weighted by molar-refractivity contribution is -0.149. The Morgan fingerprint density at radius 2 is 1.76 bits per heavy atom. The number of hydrogen-bond acceptors (Lipinski definition) is 2. The second-order valence-corrected chi connectivity index (χ2v) is 5.98. The van der Waals surface area contributed by atoms with E-state index in [0.717, 1.165) is 24.8 Å². The Kier molecular flexibility index (Phi) is 4.99. The molecule has 0 aliphatic heterocycles. The van der Waals surface area contributed by atoms with E-state index in [9.17, 15) is 14.7 Å². The lowest BCUT2D eigenvalue weighted by atomic mass is 9.81. The van der Waals surface area contributed by atoms with Gasteiger partial charge in [-0.25, -0.2) is 4.79 Å². The number of aliphatic carboxylic acids is 1. The Balaban J connectivity index is 1.90. The lowest BCUT2D eigenvalue weighted by Gasteiger charge is -2.34. The molecule has 0 spiro atoms. The van der Waals surface area contributed by atoms with Crippen LogP contribution >= 0.6 is 0 Å². The van der Waals surface area contributed by atoms with Gasteiger partial charge < -0.3 is 10.4 Å². The minimum absolute atomic E-state index is 0.167. The third kappa shape index (κ3) is 4.06. The van der Waals surface area contributed by atoms with Crippen molar-refractivity contribution in [3.63, 3.8) is 0 Å². The monoisotopic (exact) mass is 289 g/mol. The van der Waals surface area contributed by atoms with Gasteiger partial charge in [-0.05, 0) is 31.7 Å². The molecule has 1 aromatic rings. The fourth-order valence-corrected chi connectivity index (χ4v) is 2.89. The minimum atomic E-state index is -1.04. The Morgan fingerprint density at radius 1 is 1.14 bits per heavy atom. The zero-order valence-electron chi connectivity index (χ0n) is 12.5. The quantitative estimate of drug-likeness (QED) is 0.876. The van der Waals surface area contributed by atoms with Crippen molar-refractivity contribution in [2.45, 2.75) is 57.4 Å². The number of amides is 1. The summed E-state index contributed by atoms with van der Waals surface area (Å²) in [5.41, 5.74) is 1.25. The summed E-state index contributed by atoms with van der Waals surface area (Å²) in [5, 5.41) is 12.2. The number of carbonyl (C=O) groups excluding carboxylic acids is 1. The van der Waals surface area contributed by atoms with E-state index >= 15 is 0 Å². The van der Waals surface area contributed by atoms with Crippen LogP contribution in [0.5, 0.6) is 0 Å². The molecule has 4 heteroatoms. The second kappa shape index (κ2) is 6.74. The van der Waals surface area contributed by atoms with Crippen LogP contribution in [0.4, 0.5) is 0 Å². The fourth-order valence-electron chi connectivity index (χ4n) is 2.89. The number of hydrogen-bond donors (Lipinski definition) is 2. The molecule has 0 unspecified atom stereocenters. The van der Waals surface area contributed by atoms with Crippen LogP contribution in [0.1, 0.15) is 49.7 Å². The molecule has 0 aromatic heterocycles. The molecule has 21 heavy (non-hydrogen) atoms. The normalized spacial score (nSPS) is 17.2. The fraction of sp³-hybridized carbons (Fsp3) is 0.529. The summed E-state index contributed by atoms with van der Waals surface area (Å²) in [7, 11) is 0. The van der Waals surface area contributed by atoms with E-state index in [1.54, 1.807) is 0 Å². The van der Waals surface area contributed by atoms with Gasteiger partial charge in [-0.15, -0.1) is 0 Å². The lowest BCUT2D eigenvalue weighted by Crippen LogP contribution is -2.55. The molecule has 114 valence electrons. The van der Waals surface area contributed by atoms with Crippen molar-refractivity contribution in [3.8, 4) is 0 Å². The van der Waals surface area contributed by atoms with E-state index in [-0.39, 0.29) is 5.91 Å². The van der Waals surface area contributed by atoms with Gasteiger partial charge in [0.15, 0.2) is 0 Å². The second-order valence-electron chi connectivity index (χ2n) is 5.98. The largest absolute Gasteiger partial charge is 0.480 e. The highest BCUT2D eigenvalue weighted by molar-refractivity contribution is 5.87. The van der Waals surface area contributed by atoms with E-state index in [4.69, 9.17) is 0 Å². The summed E-state index contributed by atoms with van der Waals surface area (Å²) < 4.78 is 0. The zero-order valence-corrected chi connectivity index (χ0v) is 12.5. The average molecular weight is 289 g/mol. The Hall–Kier alpha value is -1.84. The van der Waals surface area contributed by atoms with E-state index in [1.807, 2.05) is 31.2 Å². The van der Waals surface area contributed by atoms with Crippen molar-refractivity contribution in [1.29, 1.82) is 0 Å². The summed E-state index contributed by atoms with van der Waals surface area (Å²) in [6.07, 6.45) is 4.83. The summed E-state index contributed by atoms with van der Waals surface area (Å²) in [6, 6.07) is 8.06. The van der Waals surface area contributed by atoms with Crippen LogP contribution in [0.15, 0.2) is 24.3 Å². The number of nitrogens with one attached hydrogen (secondary N) is 1. The van der Waals surface area contributed by atoms with Gasteiger partial charge in [-0.3, -0.25) is 4.79 Å².